The van der Waals surface area contributed by atoms with Gasteiger partial charge in [0, 0.05) is 25.7 Å². The van der Waals surface area contributed by atoms with E-state index in [0.29, 0.717) is 13.1 Å². The summed E-state index contributed by atoms with van der Waals surface area (Å²) in [5.41, 5.74) is 0.476. The summed E-state index contributed by atoms with van der Waals surface area (Å²) in [6.45, 7) is 7.50. The van der Waals surface area contributed by atoms with Gasteiger partial charge in [-0.05, 0) is 56.0 Å². The highest BCUT2D eigenvalue weighted by Crippen LogP contribution is 2.18. The van der Waals surface area contributed by atoms with E-state index in [0.717, 1.165) is 24.9 Å². The molecule has 0 aliphatic carbocycles. The summed E-state index contributed by atoms with van der Waals surface area (Å²) >= 11 is 1.58. The summed E-state index contributed by atoms with van der Waals surface area (Å²) in [6.07, 6.45) is 1.21. The number of nitrogens with zero attached hydrogens (tertiary/aromatic N) is 1. The topological polar surface area (TPSA) is 61.8 Å². The number of aliphatic hydroxyl groups is 1. The summed E-state index contributed by atoms with van der Waals surface area (Å²) in [7, 11) is 0. The van der Waals surface area contributed by atoms with Crippen molar-refractivity contribution in [2.45, 2.75) is 51.4 Å². The predicted molar refractivity (Wildman–Crippen MR) is 88.1 cm³/mol. The average Bonchev–Trinajstić information content (AvgIpc) is 2.97. The molecule has 1 aliphatic heterocycles. The summed E-state index contributed by atoms with van der Waals surface area (Å²) < 4.78 is 5.42. The van der Waals surface area contributed by atoms with E-state index in [1.807, 2.05) is 37.6 Å². The van der Waals surface area contributed by atoms with Gasteiger partial charge in [-0.1, -0.05) is 0 Å². The fourth-order valence-corrected chi connectivity index (χ4v) is 3.20. The zero-order valence-corrected chi connectivity index (χ0v) is 14.4. The Morgan fingerprint density at radius 3 is 3.00 bits per heavy atom. The second-order valence-electron chi connectivity index (χ2n) is 6.75. The molecular weight excluding hydrogens is 300 g/mol. The average molecular weight is 326 g/mol. The summed E-state index contributed by atoms with van der Waals surface area (Å²) in [5.74, 6) is 0. The fourth-order valence-electron chi connectivity index (χ4n) is 2.50. The molecule has 2 unspecified atom stereocenters. The molecule has 0 saturated carbocycles. The SMILES string of the molecule is CC(C)(C)OC(=O)N1CCCC(NCC(O)c2ccsc2)C1. The number of rotatable bonds is 4. The maximum Gasteiger partial charge on any atom is 0.410 e. The van der Waals surface area contributed by atoms with Gasteiger partial charge in [0.2, 0.25) is 0 Å². The molecule has 5 nitrogen and oxygen atoms in total. The quantitative estimate of drug-likeness (QED) is 0.893. The van der Waals surface area contributed by atoms with E-state index in [1.54, 1.807) is 16.2 Å². The van der Waals surface area contributed by atoms with E-state index >= 15 is 0 Å². The standard InChI is InChI=1S/C16H26N2O3S/c1-16(2,3)21-15(20)18-7-4-5-13(10-18)17-9-14(19)12-6-8-22-11-12/h6,8,11,13-14,17,19H,4-5,7,9-10H2,1-3H3. The van der Waals surface area contributed by atoms with Gasteiger partial charge in [0.05, 0.1) is 6.10 Å². The molecule has 0 bridgehead atoms. The van der Waals surface area contributed by atoms with Crippen molar-refractivity contribution in [1.29, 1.82) is 0 Å². The lowest BCUT2D eigenvalue weighted by Crippen LogP contribution is -2.50. The molecule has 1 fully saturated rings. The van der Waals surface area contributed by atoms with Crippen molar-refractivity contribution >= 4 is 17.4 Å². The first-order valence-corrected chi connectivity index (χ1v) is 8.71. The lowest BCUT2D eigenvalue weighted by molar-refractivity contribution is 0.0183. The third-order valence-corrected chi connectivity index (χ3v) is 4.30. The Morgan fingerprint density at radius 1 is 1.59 bits per heavy atom. The van der Waals surface area contributed by atoms with E-state index < -0.39 is 11.7 Å². The van der Waals surface area contributed by atoms with Gasteiger partial charge in [-0.15, -0.1) is 0 Å². The largest absolute Gasteiger partial charge is 0.444 e. The molecule has 6 heteroatoms. The van der Waals surface area contributed by atoms with Crippen LogP contribution < -0.4 is 5.32 Å². The van der Waals surface area contributed by atoms with Crippen LogP contribution in [0, 0.1) is 0 Å². The normalized spacial score (nSPS) is 20.7. The van der Waals surface area contributed by atoms with Crippen molar-refractivity contribution < 1.29 is 14.6 Å². The summed E-state index contributed by atoms with van der Waals surface area (Å²) in [6, 6.07) is 2.14. The second kappa shape index (κ2) is 7.44. The minimum absolute atomic E-state index is 0.203. The van der Waals surface area contributed by atoms with E-state index in [-0.39, 0.29) is 12.1 Å². The predicted octanol–water partition coefficient (Wildman–Crippen LogP) is 2.77. The highest BCUT2D eigenvalue weighted by molar-refractivity contribution is 7.07. The van der Waals surface area contributed by atoms with Crippen molar-refractivity contribution in [3.05, 3.63) is 22.4 Å². The Balaban J connectivity index is 1.79. The highest BCUT2D eigenvalue weighted by Gasteiger charge is 2.27. The number of nitrogens with one attached hydrogen (secondary N) is 1. The molecule has 1 saturated heterocycles. The van der Waals surface area contributed by atoms with Crippen molar-refractivity contribution in [3.63, 3.8) is 0 Å². The van der Waals surface area contributed by atoms with Crippen LogP contribution in [-0.4, -0.2) is 47.4 Å². The lowest BCUT2D eigenvalue weighted by Gasteiger charge is -2.34. The van der Waals surface area contributed by atoms with Gasteiger partial charge in [-0.25, -0.2) is 4.79 Å². The van der Waals surface area contributed by atoms with Crippen LogP contribution in [0.15, 0.2) is 16.8 Å². The van der Waals surface area contributed by atoms with Crippen LogP contribution in [0.3, 0.4) is 0 Å². The van der Waals surface area contributed by atoms with Gasteiger partial charge in [0.25, 0.3) is 0 Å². The van der Waals surface area contributed by atoms with Crippen LogP contribution in [0.4, 0.5) is 4.79 Å². The van der Waals surface area contributed by atoms with Crippen LogP contribution in [-0.2, 0) is 4.74 Å². The first kappa shape index (κ1) is 17.2. The molecular formula is C16H26N2O3S. The number of hydrogen-bond donors (Lipinski definition) is 2. The molecule has 1 aliphatic rings. The molecule has 1 aromatic rings. The second-order valence-corrected chi connectivity index (χ2v) is 7.53. The Morgan fingerprint density at radius 2 is 2.36 bits per heavy atom. The van der Waals surface area contributed by atoms with Crippen LogP contribution in [0.5, 0.6) is 0 Å². The maximum absolute atomic E-state index is 12.1. The Hall–Kier alpha value is -1.11. The molecule has 22 heavy (non-hydrogen) atoms. The molecule has 2 N–H and O–H groups in total. The van der Waals surface area contributed by atoms with Gasteiger partial charge >= 0.3 is 6.09 Å². The van der Waals surface area contributed by atoms with Crippen LogP contribution in [0.2, 0.25) is 0 Å². The molecule has 2 atom stereocenters. The lowest BCUT2D eigenvalue weighted by atomic mass is 10.1. The van der Waals surface area contributed by atoms with Gasteiger partial charge in [0.1, 0.15) is 5.60 Å². The van der Waals surface area contributed by atoms with Crippen molar-refractivity contribution in [3.8, 4) is 0 Å². The summed E-state index contributed by atoms with van der Waals surface area (Å²) in [5, 5.41) is 17.4. The first-order valence-electron chi connectivity index (χ1n) is 7.76. The minimum atomic E-state index is -0.497. The number of ether oxygens (including phenoxy) is 1. The number of thiophene rings is 1. The van der Waals surface area contributed by atoms with E-state index in [2.05, 4.69) is 5.32 Å². The molecule has 1 aromatic heterocycles. The van der Waals surface area contributed by atoms with Gasteiger partial charge in [-0.3, -0.25) is 0 Å². The van der Waals surface area contributed by atoms with Gasteiger partial charge < -0.3 is 20.1 Å². The van der Waals surface area contributed by atoms with Gasteiger partial charge in [0.15, 0.2) is 0 Å². The van der Waals surface area contributed by atoms with Crippen molar-refractivity contribution in [2.75, 3.05) is 19.6 Å². The molecule has 2 heterocycles. The number of likely N-dealkylation sites (tertiary alicyclic amines) is 1. The molecule has 0 radical (unpaired) electrons. The fraction of sp³-hybridized carbons (Fsp3) is 0.688. The third kappa shape index (κ3) is 5.26. The number of amides is 1. The van der Waals surface area contributed by atoms with Crippen LogP contribution in [0.1, 0.15) is 45.3 Å². The molecule has 0 aromatic carbocycles. The maximum atomic E-state index is 12.1. The van der Waals surface area contributed by atoms with Crippen molar-refractivity contribution in [1.82, 2.24) is 10.2 Å². The summed E-state index contributed by atoms with van der Waals surface area (Å²) in [4.78, 5) is 13.9. The van der Waals surface area contributed by atoms with E-state index in [4.69, 9.17) is 4.74 Å². The number of piperidine rings is 1. The van der Waals surface area contributed by atoms with E-state index in [9.17, 15) is 9.90 Å². The number of aliphatic hydroxyl groups excluding tert-OH is 1. The minimum Gasteiger partial charge on any atom is -0.444 e. The molecule has 124 valence electrons. The van der Waals surface area contributed by atoms with Gasteiger partial charge in [-0.2, -0.15) is 11.3 Å². The highest BCUT2D eigenvalue weighted by atomic mass is 32.1. The number of carbonyl (C=O) groups is 1. The zero-order chi connectivity index (χ0) is 16.2. The molecule has 1 amide bonds. The number of hydrogen-bond acceptors (Lipinski definition) is 5. The molecule has 0 spiro atoms. The molecule has 2 rings (SSSR count). The smallest absolute Gasteiger partial charge is 0.410 e. The zero-order valence-electron chi connectivity index (χ0n) is 13.5. The van der Waals surface area contributed by atoms with Crippen LogP contribution in [0.25, 0.3) is 0 Å². The van der Waals surface area contributed by atoms with Crippen LogP contribution >= 0.6 is 11.3 Å². The monoisotopic (exact) mass is 326 g/mol. The first-order chi connectivity index (χ1) is 10.3. The van der Waals surface area contributed by atoms with E-state index in [1.165, 1.54) is 0 Å². The Bertz CT molecular complexity index is 470. The third-order valence-electron chi connectivity index (χ3n) is 3.60. The number of carbonyl (C=O) groups excluding carboxylic acids is 1. The Labute approximate surface area is 136 Å². The van der Waals surface area contributed by atoms with Crippen molar-refractivity contribution in [2.24, 2.45) is 0 Å². The Kier molecular flexibility index (Phi) is 5.83.